The average Bonchev–Trinajstić information content (AvgIpc) is 2.81. The number of methoxy groups -OCH3 is 1. The number of ether oxygens (including phenoxy) is 2. The molecule has 1 N–H and O–H groups in total. The van der Waals surface area contributed by atoms with Gasteiger partial charge in [0.15, 0.2) is 0 Å². The smallest absolute Gasteiger partial charge is 0.0576 e. The van der Waals surface area contributed by atoms with Crippen molar-refractivity contribution in [2.45, 2.75) is 57.6 Å². The van der Waals surface area contributed by atoms with Crippen LogP contribution in [0.4, 0.5) is 0 Å². The molecule has 3 unspecified atom stereocenters. The van der Waals surface area contributed by atoms with Crippen LogP contribution in [-0.4, -0.2) is 39.5 Å². The predicted molar refractivity (Wildman–Crippen MR) is 71.3 cm³/mol. The third-order valence-corrected chi connectivity index (χ3v) is 3.65. The van der Waals surface area contributed by atoms with E-state index in [1.54, 1.807) is 7.11 Å². The lowest BCUT2D eigenvalue weighted by molar-refractivity contribution is 0.100. The van der Waals surface area contributed by atoms with Crippen LogP contribution < -0.4 is 5.32 Å². The van der Waals surface area contributed by atoms with Gasteiger partial charge in [0.1, 0.15) is 0 Å². The Labute approximate surface area is 106 Å². The Hall–Kier alpha value is -0.120. The summed E-state index contributed by atoms with van der Waals surface area (Å²) in [5.74, 6) is 0.639. The van der Waals surface area contributed by atoms with E-state index in [0.717, 1.165) is 13.2 Å². The highest BCUT2D eigenvalue weighted by Crippen LogP contribution is 2.19. The van der Waals surface area contributed by atoms with Crippen LogP contribution in [0.5, 0.6) is 0 Å². The minimum Gasteiger partial charge on any atom is -0.384 e. The van der Waals surface area contributed by atoms with Gasteiger partial charge in [0.2, 0.25) is 0 Å². The summed E-state index contributed by atoms with van der Waals surface area (Å²) in [4.78, 5) is 0. The van der Waals surface area contributed by atoms with Gasteiger partial charge in [0.05, 0.1) is 6.10 Å². The Morgan fingerprint density at radius 2 is 2.29 bits per heavy atom. The van der Waals surface area contributed by atoms with Gasteiger partial charge in [-0.05, 0) is 51.5 Å². The summed E-state index contributed by atoms with van der Waals surface area (Å²) in [6.45, 7) is 4.10. The zero-order valence-electron chi connectivity index (χ0n) is 11.7. The molecule has 0 aromatic heterocycles. The largest absolute Gasteiger partial charge is 0.384 e. The Balaban J connectivity index is 2.08. The molecule has 3 nitrogen and oxygen atoms in total. The predicted octanol–water partition coefficient (Wildman–Crippen LogP) is 2.60. The van der Waals surface area contributed by atoms with E-state index < -0.39 is 0 Å². The van der Waals surface area contributed by atoms with Crippen molar-refractivity contribution in [3.8, 4) is 0 Å². The molecule has 0 saturated carbocycles. The third-order valence-electron chi connectivity index (χ3n) is 3.65. The lowest BCUT2D eigenvalue weighted by atomic mass is 9.97. The highest BCUT2D eigenvalue weighted by molar-refractivity contribution is 4.71. The van der Waals surface area contributed by atoms with Crippen molar-refractivity contribution >= 4 is 0 Å². The van der Waals surface area contributed by atoms with Gasteiger partial charge >= 0.3 is 0 Å². The summed E-state index contributed by atoms with van der Waals surface area (Å²) in [6.07, 6.45) is 8.03. The normalized spacial score (nSPS) is 23.8. The number of rotatable bonds is 9. The second kappa shape index (κ2) is 8.90. The summed E-state index contributed by atoms with van der Waals surface area (Å²) in [5, 5.41) is 3.42. The van der Waals surface area contributed by atoms with E-state index in [2.05, 4.69) is 19.3 Å². The summed E-state index contributed by atoms with van der Waals surface area (Å²) >= 11 is 0. The molecule has 0 aromatic rings. The maximum atomic E-state index is 5.65. The average molecular weight is 243 g/mol. The Morgan fingerprint density at radius 3 is 2.88 bits per heavy atom. The first-order chi connectivity index (χ1) is 8.26. The van der Waals surface area contributed by atoms with Crippen LogP contribution in [0.25, 0.3) is 0 Å². The van der Waals surface area contributed by atoms with Crippen molar-refractivity contribution in [3.05, 3.63) is 0 Å². The molecule has 1 saturated heterocycles. The van der Waals surface area contributed by atoms with Gasteiger partial charge in [0.25, 0.3) is 0 Å². The highest BCUT2D eigenvalue weighted by atomic mass is 16.5. The Morgan fingerprint density at radius 1 is 1.47 bits per heavy atom. The quantitative estimate of drug-likeness (QED) is 0.675. The number of nitrogens with one attached hydrogen (secondary N) is 1. The van der Waals surface area contributed by atoms with E-state index in [1.807, 2.05) is 0 Å². The molecule has 0 bridgehead atoms. The molecule has 1 aliphatic rings. The minimum absolute atomic E-state index is 0.545. The van der Waals surface area contributed by atoms with Crippen LogP contribution in [-0.2, 0) is 9.47 Å². The fourth-order valence-electron chi connectivity index (χ4n) is 2.68. The second-order valence-corrected chi connectivity index (χ2v) is 5.35. The van der Waals surface area contributed by atoms with Crippen LogP contribution in [0.1, 0.15) is 45.4 Å². The first-order valence-electron chi connectivity index (χ1n) is 7.04. The summed E-state index contributed by atoms with van der Waals surface area (Å²) < 4.78 is 10.8. The topological polar surface area (TPSA) is 30.5 Å². The molecule has 0 radical (unpaired) electrons. The van der Waals surface area contributed by atoms with E-state index in [-0.39, 0.29) is 0 Å². The van der Waals surface area contributed by atoms with Crippen LogP contribution in [0, 0.1) is 5.92 Å². The van der Waals surface area contributed by atoms with E-state index in [4.69, 9.17) is 9.47 Å². The molecule has 102 valence electrons. The highest BCUT2D eigenvalue weighted by Gasteiger charge is 2.16. The van der Waals surface area contributed by atoms with Crippen LogP contribution in [0.2, 0.25) is 0 Å². The molecular weight excluding hydrogens is 214 g/mol. The number of hydrogen-bond acceptors (Lipinski definition) is 3. The molecule has 0 aromatic carbocycles. The molecule has 3 atom stereocenters. The maximum Gasteiger partial charge on any atom is 0.0576 e. The first-order valence-corrected chi connectivity index (χ1v) is 7.04. The molecule has 17 heavy (non-hydrogen) atoms. The van der Waals surface area contributed by atoms with E-state index in [9.17, 15) is 0 Å². The fourth-order valence-corrected chi connectivity index (χ4v) is 2.68. The molecule has 0 aliphatic carbocycles. The lowest BCUT2D eigenvalue weighted by Crippen LogP contribution is -2.28. The van der Waals surface area contributed by atoms with Gasteiger partial charge in [-0.15, -0.1) is 0 Å². The van der Waals surface area contributed by atoms with Crippen molar-refractivity contribution in [2.24, 2.45) is 5.92 Å². The molecule has 0 spiro atoms. The molecule has 1 heterocycles. The van der Waals surface area contributed by atoms with Crippen molar-refractivity contribution in [1.82, 2.24) is 5.32 Å². The van der Waals surface area contributed by atoms with Crippen molar-refractivity contribution in [1.29, 1.82) is 0 Å². The minimum atomic E-state index is 0.545. The molecule has 1 rings (SSSR count). The third kappa shape index (κ3) is 6.39. The number of hydrogen-bond donors (Lipinski definition) is 1. The summed E-state index contributed by atoms with van der Waals surface area (Å²) in [5.41, 5.74) is 0. The van der Waals surface area contributed by atoms with Crippen LogP contribution in [0.15, 0.2) is 0 Å². The van der Waals surface area contributed by atoms with E-state index in [0.29, 0.717) is 18.1 Å². The van der Waals surface area contributed by atoms with Crippen molar-refractivity contribution in [2.75, 3.05) is 27.4 Å². The summed E-state index contributed by atoms with van der Waals surface area (Å²) in [7, 11) is 3.85. The zero-order valence-corrected chi connectivity index (χ0v) is 11.7. The second-order valence-electron chi connectivity index (χ2n) is 5.35. The SMILES string of the molecule is CNC(CCCC1CCCO1)CC(C)COC. The van der Waals surface area contributed by atoms with Crippen LogP contribution in [0.3, 0.4) is 0 Å². The molecule has 0 amide bonds. The Bertz CT molecular complexity index is 181. The van der Waals surface area contributed by atoms with Gasteiger partial charge in [-0.25, -0.2) is 0 Å². The standard InChI is InChI=1S/C14H29NO2/c1-12(11-16-3)10-13(15-2)6-4-7-14-8-5-9-17-14/h12-15H,4-11H2,1-3H3. The van der Waals surface area contributed by atoms with Crippen molar-refractivity contribution in [3.63, 3.8) is 0 Å². The fraction of sp³-hybridized carbons (Fsp3) is 1.00. The lowest BCUT2D eigenvalue weighted by Gasteiger charge is -2.20. The van der Waals surface area contributed by atoms with E-state index >= 15 is 0 Å². The van der Waals surface area contributed by atoms with Gasteiger partial charge in [-0.3, -0.25) is 0 Å². The monoisotopic (exact) mass is 243 g/mol. The van der Waals surface area contributed by atoms with Gasteiger partial charge < -0.3 is 14.8 Å². The molecular formula is C14H29NO2. The zero-order chi connectivity index (χ0) is 12.5. The van der Waals surface area contributed by atoms with Gasteiger partial charge in [0, 0.05) is 26.4 Å². The maximum absolute atomic E-state index is 5.65. The Kier molecular flexibility index (Phi) is 7.82. The van der Waals surface area contributed by atoms with Gasteiger partial charge in [-0.1, -0.05) is 6.92 Å². The first kappa shape index (κ1) is 14.9. The summed E-state index contributed by atoms with van der Waals surface area (Å²) in [6, 6.07) is 0.626. The molecule has 3 heteroatoms. The van der Waals surface area contributed by atoms with Crippen LogP contribution >= 0.6 is 0 Å². The van der Waals surface area contributed by atoms with Crippen molar-refractivity contribution < 1.29 is 9.47 Å². The molecule has 1 fully saturated rings. The molecule has 1 aliphatic heterocycles. The van der Waals surface area contributed by atoms with Gasteiger partial charge in [-0.2, -0.15) is 0 Å². The van der Waals surface area contributed by atoms with E-state index in [1.165, 1.54) is 38.5 Å².